The van der Waals surface area contributed by atoms with E-state index < -0.39 is 17.6 Å². The highest BCUT2D eigenvalue weighted by Crippen LogP contribution is 2.40. The van der Waals surface area contributed by atoms with Crippen LogP contribution in [0.5, 0.6) is 0 Å². The minimum Gasteiger partial charge on any atom is -0.325 e. The Hall–Kier alpha value is -4.50. The number of anilines is 1. The molecule has 160 valence electrons. The molecule has 0 aliphatic heterocycles. The van der Waals surface area contributed by atoms with E-state index in [0.717, 1.165) is 33.6 Å². The van der Waals surface area contributed by atoms with Crippen LogP contribution < -0.4 is 5.32 Å². The summed E-state index contributed by atoms with van der Waals surface area (Å²) in [5.41, 5.74) is 6.24. The first-order valence-corrected chi connectivity index (χ1v) is 10.6. The molecule has 1 aliphatic rings. The summed E-state index contributed by atoms with van der Waals surface area (Å²) in [6, 6.07) is 26.4. The third kappa shape index (κ3) is 3.60. The lowest BCUT2D eigenvalue weighted by molar-refractivity contribution is -0.117. The molecule has 0 saturated carbocycles. The number of ketones is 1. The van der Waals surface area contributed by atoms with Crippen molar-refractivity contribution in [2.75, 3.05) is 5.32 Å². The van der Waals surface area contributed by atoms with Gasteiger partial charge in [-0.25, -0.2) is 4.68 Å². The fourth-order valence-electron chi connectivity index (χ4n) is 4.24. The maximum absolute atomic E-state index is 13.5. The van der Waals surface area contributed by atoms with Crippen molar-refractivity contribution in [1.29, 1.82) is 5.26 Å². The van der Waals surface area contributed by atoms with Crippen LogP contribution in [0.2, 0.25) is 0 Å². The van der Waals surface area contributed by atoms with E-state index in [0.29, 0.717) is 12.1 Å². The normalized spacial score (nSPS) is 12.4. The monoisotopic (exact) mass is 432 g/mol. The Morgan fingerprint density at radius 1 is 1.03 bits per heavy atom. The predicted molar refractivity (Wildman–Crippen MR) is 125 cm³/mol. The fourth-order valence-corrected chi connectivity index (χ4v) is 4.24. The Labute approximate surface area is 191 Å². The number of nitrogens with one attached hydrogen (secondary N) is 1. The summed E-state index contributed by atoms with van der Waals surface area (Å²) in [6.07, 6.45) is 0.525. The molecule has 0 saturated heterocycles. The molecule has 0 bridgehead atoms. The van der Waals surface area contributed by atoms with Gasteiger partial charge >= 0.3 is 0 Å². The zero-order chi connectivity index (χ0) is 22.9. The largest absolute Gasteiger partial charge is 0.325 e. The van der Waals surface area contributed by atoms with Gasteiger partial charge in [-0.3, -0.25) is 9.59 Å². The van der Waals surface area contributed by atoms with E-state index in [-0.39, 0.29) is 5.69 Å². The summed E-state index contributed by atoms with van der Waals surface area (Å²) in [4.78, 5) is 26.3. The zero-order valence-electron chi connectivity index (χ0n) is 17.9. The smallest absolute Gasteiger partial charge is 0.249 e. The van der Waals surface area contributed by atoms with Crippen LogP contribution in [0, 0.1) is 24.2 Å². The molecule has 4 aromatic rings. The van der Waals surface area contributed by atoms with E-state index in [9.17, 15) is 14.9 Å². The van der Waals surface area contributed by atoms with Gasteiger partial charge in [0.2, 0.25) is 11.7 Å². The number of carbonyl (C=O) groups is 2. The Morgan fingerprint density at radius 3 is 2.55 bits per heavy atom. The lowest BCUT2D eigenvalue weighted by Crippen LogP contribution is -2.29. The second-order valence-corrected chi connectivity index (χ2v) is 8.04. The van der Waals surface area contributed by atoms with Crippen LogP contribution in [0.3, 0.4) is 0 Å². The standard InChI is InChI=1S/C27H20N4O2/c1-17-8-7-12-20(14-17)31-25-21-13-6-5-9-18(21)15-22(25)24(30-31)26(32)23(16-28)27(33)29-19-10-3-2-4-11-19/h2-14,23H,15H2,1H3,(H,29,33). The first-order chi connectivity index (χ1) is 16.1. The van der Waals surface area contributed by atoms with E-state index in [1.54, 1.807) is 28.9 Å². The number of para-hydroxylation sites is 1. The van der Waals surface area contributed by atoms with Gasteiger partial charge in [0.15, 0.2) is 5.92 Å². The second-order valence-electron chi connectivity index (χ2n) is 8.04. The van der Waals surface area contributed by atoms with Gasteiger partial charge in [0.25, 0.3) is 0 Å². The highest BCUT2D eigenvalue weighted by molar-refractivity contribution is 6.16. The number of aromatic nitrogens is 2. The van der Waals surface area contributed by atoms with Crippen LogP contribution in [0.25, 0.3) is 16.9 Å². The molecule has 1 aliphatic carbocycles. The number of Topliss-reactive ketones (excluding diaryl/α,β-unsaturated/α-hetero) is 1. The van der Waals surface area contributed by atoms with E-state index in [4.69, 9.17) is 0 Å². The van der Waals surface area contributed by atoms with Crippen molar-refractivity contribution >= 4 is 17.4 Å². The number of fused-ring (bicyclic) bond motifs is 3. The highest BCUT2D eigenvalue weighted by atomic mass is 16.2. The minimum absolute atomic E-state index is 0.164. The van der Waals surface area contributed by atoms with Crippen LogP contribution in [-0.4, -0.2) is 21.5 Å². The molecular weight excluding hydrogens is 412 g/mol. The number of carbonyl (C=O) groups excluding carboxylic acids is 2. The van der Waals surface area contributed by atoms with Gasteiger partial charge in [-0.05, 0) is 42.3 Å². The summed E-state index contributed by atoms with van der Waals surface area (Å²) in [5, 5.41) is 17.0. The lowest BCUT2D eigenvalue weighted by atomic mass is 9.98. The zero-order valence-corrected chi connectivity index (χ0v) is 17.9. The molecule has 1 heterocycles. The Kier molecular flexibility index (Phi) is 5.08. The summed E-state index contributed by atoms with van der Waals surface area (Å²) in [6.45, 7) is 1.99. The van der Waals surface area contributed by atoms with Crippen LogP contribution in [0.1, 0.15) is 27.2 Å². The number of nitriles is 1. The molecular formula is C27H20N4O2. The molecule has 6 heteroatoms. The SMILES string of the molecule is Cc1cccc(-n2nc(C(=O)C(C#N)C(=O)Nc3ccccc3)c3c2-c2ccccc2C3)c1. The third-order valence-electron chi connectivity index (χ3n) is 5.80. The topological polar surface area (TPSA) is 87.8 Å². The highest BCUT2D eigenvalue weighted by Gasteiger charge is 2.36. The third-order valence-corrected chi connectivity index (χ3v) is 5.80. The molecule has 1 N–H and O–H groups in total. The van der Waals surface area contributed by atoms with Crippen molar-refractivity contribution in [3.05, 3.63) is 101 Å². The number of amides is 1. The van der Waals surface area contributed by atoms with E-state index in [1.165, 1.54) is 0 Å². The van der Waals surface area contributed by atoms with Gasteiger partial charge in [0.1, 0.15) is 5.69 Å². The van der Waals surface area contributed by atoms with Crippen molar-refractivity contribution < 1.29 is 9.59 Å². The molecule has 6 nitrogen and oxygen atoms in total. The Bertz CT molecular complexity index is 1430. The Balaban J connectivity index is 1.58. The molecule has 1 atom stereocenters. The quantitative estimate of drug-likeness (QED) is 0.322. The number of benzene rings is 3. The predicted octanol–water partition coefficient (Wildman–Crippen LogP) is 4.71. The molecule has 33 heavy (non-hydrogen) atoms. The summed E-state index contributed by atoms with van der Waals surface area (Å²) in [7, 11) is 0. The summed E-state index contributed by atoms with van der Waals surface area (Å²) in [5.74, 6) is -2.76. The van der Waals surface area contributed by atoms with Gasteiger partial charge in [0.05, 0.1) is 17.5 Å². The second kappa shape index (κ2) is 8.21. The minimum atomic E-state index is -1.50. The molecule has 0 spiro atoms. The summed E-state index contributed by atoms with van der Waals surface area (Å²) >= 11 is 0. The Morgan fingerprint density at radius 2 is 1.79 bits per heavy atom. The fraction of sp³-hybridized carbons (Fsp3) is 0.111. The van der Waals surface area contributed by atoms with Gasteiger partial charge in [-0.1, -0.05) is 54.6 Å². The van der Waals surface area contributed by atoms with Crippen LogP contribution in [0.4, 0.5) is 5.69 Å². The van der Waals surface area contributed by atoms with Crippen molar-refractivity contribution in [2.45, 2.75) is 13.3 Å². The number of hydrogen-bond donors (Lipinski definition) is 1. The van der Waals surface area contributed by atoms with Gasteiger partial charge in [-0.2, -0.15) is 10.4 Å². The van der Waals surface area contributed by atoms with E-state index in [2.05, 4.69) is 10.4 Å². The first-order valence-electron chi connectivity index (χ1n) is 10.6. The molecule has 1 unspecified atom stereocenters. The van der Waals surface area contributed by atoms with E-state index in [1.807, 2.05) is 67.6 Å². The molecule has 0 radical (unpaired) electrons. The molecule has 1 amide bonds. The molecule has 0 fully saturated rings. The molecule has 1 aromatic heterocycles. The van der Waals surface area contributed by atoms with Crippen molar-refractivity contribution in [3.63, 3.8) is 0 Å². The van der Waals surface area contributed by atoms with Crippen LogP contribution in [0.15, 0.2) is 78.9 Å². The number of rotatable bonds is 5. The van der Waals surface area contributed by atoms with Gasteiger partial charge in [-0.15, -0.1) is 0 Å². The molecule has 3 aromatic carbocycles. The first kappa shape index (κ1) is 20.4. The van der Waals surface area contributed by atoms with Gasteiger partial charge < -0.3 is 5.32 Å². The number of hydrogen-bond acceptors (Lipinski definition) is 4. The van der Waals surface area contributed by atoms with E-state index >= 15 is 0 Å². The average Bonchev–Trinajstić information content (AvgIpc) is 3.37. The molecule has 5 rings (SSSR count). The number of nitrogens with zero attached hydrogens (tertiary/aromatic N) is 3. The average molecular weight is 432 g/mol. The maximum atomic E-state index is 13.5. The van der Waals surface area contributed by atoms with Crippen LogP contribution in [-0.2, 0) is 11.2 Å². The lowest BCUT2D eigenvalue weighted by Gasteiger charge is -2.10. The van der Waals surface area contributed by atoms with Crippen molar-refractivity contribution in [2.24, 2.45) is 5.92 Å². The summed E-state index contributed by atoms with van der Waals surface area (Å²) < 4.78 is 1.75. The van der Waals surface area contributed by atoms with Crippen molar-refractivity contribution in [3.8, 4) is 23.0 Å². The maximum Gasteiger partial charge on any atom is 0.249 e. The van der Waals surface area contributed by atoms with Crippen molar-refractivity contribution in [1.82, 2.24) is 9.78 Å². The van der Waals surface area contributed by atoms with Crippen LogP contribution >= 0.6 is 0 Å². The number of aryl methyl sites for hydroxylation is 1. The van der Waals surface area contributed by atoms with Gasteiger partial charge in [0, 0.05) is 23.2 Å².